The Hall–Kier alpha value is -1.07. The Bertz CT molecular complexity index is 356. The molecule has 0 fully saturated rings. The summed E-state index contributed by atoms with van der Waals surface area (Å²) in [5.41, 5.74) is 6.76. The zero-order valence-electron chi connectivity index (χ0n) is 8.90. The number of aliphatic hydroxyl groups is 1. The van der Waals surface area contributed by atoms with Crippen LogP contribution in [0.25, 0.3) is 0 Å². The molecule has 4 nitrogen and oxygen atoms in total. The quantitative estimate of drug-likeness (QED) is 0.362. The van der Waals surface area contributed by atoms with Crippen molar-refractivity contribution in [1.29, 1.82) is 0 Å². The number of amidine groups is 1. The van der Waals surface area contributed by atoms with E-state index in [1.165, 1.54) is 0 Å². The van der Waals surface area contributed by atoms with Crippen LogP contribution in [0.2, 0.25) is 0 Å². The second kappa shape index (κ2) is 7.24. The standard InChI is InChI=1S/C11H15BrN2O2/c12-10-4-1-3-9(7-10)8-11(13)14-16-6-2-5-15/h1,3-4,7,15H,2,5-6,8H2,(H2,13,14). The minimum atomic E-state index is 0.0983. The second-order valence-corrected chi connectivity index (χ2v) is 4.22. The zero-order valence-corrected chi connectivity index (χ0v) is 10.5. The Kier molecular flexibility index (Phi) is 5.88. The molecule has 16 heavy (non-hydrogen) atoms. The molecule has 1 aromatic carbocycles. The first-order valence-electron chi connectivity index (χ1n) is 5.02. The predicted octanol–water partition coefficient (Wildman–Crippen LogP) is 1.66. The van der Waals surface area contributed by atoms with E-state index in [2.05, 4.69) is 21.1 Å². The molecule has 1 aromatic rings. The maximum atomic E-state index is 8.53. The van der Waals surface area contributed by atoms with E-state index in [0.29, 0.717) is 25.3 Å². The lowest BCUT2D eigenvalue weighted by Gasteiger charge is -2.02. The molecule has 0 atom stereocenters. The van der Waals surface area contributed by atoms with Gasteiger partial charge in [-0.2, -0.15) is 0 Å². The van der Waals surface area contributed by atoms with E-state index in [4.69, 9.17) is 15.7 Å². The van der Waals surface area contributed by atoms with Gasteiger partial charge in [0.15, 0.2) is 0 Å². The largest absolute Gasteiger partial charge is 0.396 e. The molecule has 0 amide bonds. The van der Waals surface area contributed by atoms with Crippen molar-refractivity contribution in [3.63, 3.8) is 0 Å². The topological polar surface area (TPSA) is 67.8 Å². The molecule has 88 valence electrons. The smallest absolute Gasteiger partial charge is 0.143 e. The maximum Gasteiger partial charge on any atom is 0.143 e. The fourth-order valence-electron chi connectivity index (χ4n) is 1.15. The van der Waals surface area contributed by atoms with Crippen LogP contribution in [0, 0.1) is 0 Å². The molecule has 0 bridgehead atoms. The van der Waals surface area contributed by atoms with Crippen LogP contribution >= 0.6 is 15.9 Å². The van der Waals surface area contributed by atoms with E-state index in [1.807, 2.05) is 24.3 Å². The van der Waals surface area contributed by atoms with Gasteiger partial charge in [-0.3, -0.25) is 0 Å². The van der Waals surface area contributed by atoms with Crippen LogP contribution in [0.15, 0.2) is 33.9 Å². The van der Waals surface area contributed by atoms with Crippen LogP contribution in [-0.2, 0) is 11.3 Å². The summed E-state index contributed by atoms with van der Waals surface area (Å²) in [6.07, 6.45) is 1.12. The van der Waals surface area contributed by atoms with Gasteiger partial charge in [0.05, 0.1) is 0 Å². The summed E-state index contributed by atoms with van der Waals surface area (Å²) in [5, 5.41) is 12.3. The molecule has 0 heterocycles. The summed E-state index contributed by atoms with van der Waals surface area (Å²) in [6.45, 7) is 0.483. The minimum absolute atomic E-state index is 0.0983. The first-order chi connectivity index (χ1) is 7.72. The van der Waals surface area contributed by atoms with Gasteiger partial charge in [-0.15, -0.1) is 0 Å². The minimum Gasteiger partial charge on any atom is -0.396 e. The van der Waals surface area contributed by atoms with Gasteiger partial charge in [0.2, 0.25) is 0 Å². The molecule has 0 aromatic heterocycles. The van der Waals surface area contributed by atoms with Crippen LogP contribution in [0.1, 0.15) is 12.0 Å². The normalized spacial score (nSPS) is 11.5. The lowest BCUT2D eigenvalue weighted by Crippen LogP contribution is -2.15. The molecular weight excluding hydrogens is 272 g/mol. The van der Waals surface area contributed by atoms with Gasteiger partial charge in [0.25, 0.3) is 0 Å². The number of rotatable bonds is 6. The number of oxime groups is 1. The van der Waals surface area contributed by atoms with E-state index in [1.54, 1.807) is 0 Å². The highest BCUT2D eigenvalue weighted by Crippen LogP contribution is 2.11. The molecule has 1 rings (SSSR count). The van der Waals surface area contributed by atoms with E-state index in [0.717, 1.165) is 10.0 Å². The van der Waals surface area contributed by atoms with Crippen molar-refractivity contribution in [2.24, 2.45) is 10.9 Å². The fourth-order valence-corrected chi connectivity index (χ4v) is 1.59. The number of benzene rings is 1. The fraction of sp³-hybridized carbons (Fsp3) is 0.364. The van der Waals surface area contributed by atoms with Gasteiger partial charge in [0.1, 0.15) is 12.4 Å². The molecule has 0 aliphatic rings. The van der Waals surface area contributed by atoms with Gasteiger partial charge in [-0.05, 0) is 17.7 Å². The molecule has 3 N–H and O–H groups in total. The summed E-state index contributed by atoms with van der Waals surface area (Å²) in [6, 6.07) is 7.85. The molecule has 0 spiro atoms. The Morgan fingerprint density at radius 1 is 1.50 bits per heavy atom. The zero-order chi connectivity index (χ0) is 11.8. The SMILES string of the molecule is N/C(Cc1cccc(Br)c1)=N/OCCCO. The molecule has 0 saturated carbocycles. The van der Waals surface area contributed by atoms with Crippen LogP contribution in [0.3, 0.4) is 0 Å². The molecule has 0 aliphatic carbocycles. The third kappa shape index (κ3) is 5.14. The van der Waals surface area contributed by atoms with Gasteiger partial charge in [-0.25, -0.2) is 0 Å². The average molecular weight is 287 g/mol. The maximum absolute atomic E-state index is 8.53. The number of hydrogen-bond donors (Lipinski definition) is 2. The Morgan fingerprint density at radius 3 is 3.00 bits per heavy atom. The van der Waals surface area contributed by atoms with Crippen molar-refractivity contribution in [3.8, 4) is 0 Å². The lowest BCUT2D eigenvalue weighted by atomic mass is 10.1. The molecule has 0 saturated heterocycles. The Morgan fingerprint density at radius 2 is 2.31 bits per heavy atom. The number of halogens is 1. The predicted molar refractivity (Wildman–Crippen MR) is 67.1 cm³/mol. The van der Waals surface area contributed by atoms with Gasteiger partial charge >= 0.3 is 0 Å². The Labute approximate surface area is 103 Å². The van der Waals surface area contributed by atoms with E-state index < -0.39 is 0 Å². The van der Waals surface area contributed by atoms with Crippen molar-refractivity contribution in [3.05, 3.63) is 34.3 Å². The van der Waals surface area contributed by atoms with Gasteiger partial charge < -0.3 is 15.7 Å². The number of nitrogens with zero attached hydrogens (tertiary/aromatic N) is 1. The third-order valence-electron chi connectivity index (χ3n) is 1.85. The summed E-state index contributed by atoms with van der Waals surface area (Å²) in [5.74, 6) is 0.427. The average Bonchev–Trinajstić information content (AvgIpc) is 2.24. The monoisotopic (exact) mass is 286 g/mol. The number of aliphatic hydroxyl groups excluding tert-OH is 1. The van der Waals surface area contributed by atoms with Gasteiger partial charge in [-0.1, -0.05) is 33.2 Å². The molecular formula is C11H15BrN2O2. The van der Waals surface area contributed by atoms with E-state index in [-0.39, 0.29) is 6.61 Å². The summed E-state index contributed by atoms with van der Waals surface area (Å²) >= 11 is 3.39. The van der Waals surface area contributed by atoms with Crippen LogP contribution in [0.5, 0.6) is 0 Å². The highest BCUT2D eigenvalue weighted by Gasteiger charge is 1.98. The van der Waals surface area contributed by atoms with Crippen LogP contribution in [-0.4, -0.2) is 24.2 Å². The summed E-state index contributed by atoms with van der Waals surface area (Å²) in [4.78, 5) is 4.93. The first-order valence-corrected chi connectivity index (χ1v) is 5.81. The van der Waals surface area contributed by atoms with E-state index >= 15 is 0 Å². The first kappa shape index (κ1) is 13.0. The molecule has 0 unspecified atom stereocenters. The third-order valence-corrected chi connectivity index (χ3v) is 2.34. The van der Waals surface area contributed by atoms with Crippen molar-refractivity contribution in [2.75, 3.05) is 13.2 Å². The molecule has 0 radical (unpaired) electrons. The van der Waals surface area contributed by atoms with Crippen molar-refractivity contribution >= 4 is 21.8 Å². The van der Waals surface area contributed by atoms with E-state index in [9.17, 15) is 0 Å². The summed E-state index contributed by atoms with van der Waals surface area (Å²) in [7, 11) is 0. The number of hydrogen-bond acceptors (Lipinski definition) is 3. The van der Waals surface area contributed by atoms with Crippen LogP contribution in [0.4, 0.5) is 0 Å². The van der Waals surface area contributed by atoms with Gasteiger partial charge in [0, 0.05) is 23.9 Å². The highest BCUT2D eigenvalue weighted by molar-refractivity contribution is 9.10. The second-order valence-electron chi connectivity index (χ2n) is 3.30. The Balaban J connectivity index is 2.41. The lowest BCUT2D eigenvalue weighted by molar-refractivity contribution is 0.123. The highest BCUT2D eigenvalue weighted by atomic mass is 79.9. The summed E-state index contributed by atoms with van der Waals surface area (Å²) < 4.78 is 1.01. The number of nitrogens with two attached hydrogens (primary N) is 1. The molecule has 0 aliphatic heterocycles. The van der Waals surface area contributed by atoms with Crippen molar-refractivity contribution in [2.45, 2.75) is 12.8 Å². The molecule has 5 heteroatoms. The van der Waals surface area contributed by atoms with Crippen LogP contribution < -0.4 is 5.73 Å². The van der Waals surface area contributed by atoms with Crippen molar-refractivity contribution < 1.29 is 9.94 Å². The van der Waals surface area contributed by atoms with Crippen molar-refractivity contribution in [1.82, 2.24) is 0 Å².